The van der Waals surface area contributed by atoms with Crippen molar-refractivity contribution in [2.45, 2.75) is 32.2 Å². The number of rotatable bonds is 3. The lowest BCUT2D eigenvalue weighted by molar-refractivity contribution is -0.123. The molecule has 0 bridgehead atoms. The smallest absolute Gasteiger partial charge is 0.308 e. The van der Waals surface area contributed by atoms with Gasteiger partial charge in [-0.1, -0.05) is 65.2 Å². The Morgan fingerprint density at radius 2 is 1.58 bits per heavy atom. The maximum atomic E-state index is 14.1. The van der Waals surface area contributed by atoms with Crippen molar-refractivity contribution < 1.29 is 9.59 Å². The molecule has 1 spiro atoms. The molecule has 0 aromatic heterocycles. The third-order valence-corrected chi connectivity index (χ3v) is 7.78. The van der Waals surface area contributed by atoms with E-state index in [2.05, 4.69) is 42.6 Å². The van der Waals surface area contributed by atoms with Crippen LogP contribution in [0.15, 0.2) is 66.7 Å². The third-order valence-electron chi connectivity index (χ3n) is 6.36. The third kappa shape index (κ3) is 3.68. The number of anilines is 2. The monoisotopic (exact) mass is 457 g/mol. The summed E-state index contributed by atoms with van der Waals surface area (Å²) in [7, 11) is 0. The van der Waals surface area contributed by atoms with Gasteiger partial charge in [-0.05, 0) is 44.5 Å². The summed E-state index contributed by atoms with van der Waals surface area (Å²) < 4.78 is 0. The lowest BCUT2D eigenvalue weighted by Crippen LogP contribution is -2.51. The zero-order chi connectivity index (χ0) is 23.2. The molecule has 2 aliphatic heterocycles. The van der Waals surface area contributed by atoms with Gasteiger partial charge < -0.3 is 10.2 Å². The van der Waals surface area contributed by atoms with Crippen LogP contribution in [0.4, 0.5) is 16.2 Å². The first-order valence-electron chi connectivity index (χ1n) is 11.2. The zero-order valence-corrected chi connectivity index (χ0v) is 19.9. The summed E-state index contributed by atoms with van der Waals surface area (Å²) in [6.07, 6.45) is 0. The predicted octanol–water partition coefficient (Wildman–Crippen LogP) is 5.59. The highest BCUT2D eigenvalue weighted by atomic mass is 32.2. The second-order valence-corrected chi connectivity index (χ2v) is 10.1. The first-order valence-corrected chi connectivity index (χ1v) is 12.1. The topological polar surface area (TPSA) is 52.7 Å². The first-order chi connectivity index (χ1) is 15.9. The average molecular weight is 458 g/mol. The van der Waals surface area contributed by atoms with Crippen LogP contribution in [0.1, 0.15) is 27.8 Å². The number of nitrogens with one attached hydrogen (secondary N) is 1. The molecule has 2 aliphatic rings. The van der Waals surface area contributed by atoms with Crippen LogP contribution in [0, 0.1) is 20.8 Å². The molecule has 1 atom stereocenters. The molecule has 3 aromatic rings. The molecule has 1 fully saturated rings. The molecule has 6 heteroatoms. The molecule has 0 aliphatic carbocycles. The molecule has 5 rings (SSSR count). The normalized spacial score (nSPS) is 19.3. The van der Waals surface area contributed by atoms with Crippen molar-refractivity contribution in [2.75, 3.05) is 22.5 Å². The lowest BCUT2D eigenvalue weighted by atomic mass is 10.0. The number of urea groups is 1. The van der Waals surface area contributed by atoms with Crippen LogP contribution in [-0.2, 0) is 16.2 Å². The lowest BCUT2D eigenvalue weighted by Gasteiger charge is -2.33. The number of carbonyl (C=O) groups excluding carboxylic acids is 2. The number of amides is 3. The van der Waals surface area contributed by atoms with E-state index in [4.69, 9.17) is 0 Å². The molecule has 1 N–H and O–H groups in total. The van der Waals surface area contributed by atoms with Gasteiger partial charge in [-0.2, -0.15) is 0 Å². The van der Waals surface area contributed by atoms with E-state index in [0.29, 0.717) is 18.8 Å². The van der Waals surface area contributed by atoms with Gasteiger partial charge in [-0.15, -0.1) is 11.8 Å². The largest absolute Gasteiger partial charge is 0.323 e. The molecule has 1 saturated heterocycles. The Balaban J connectivity index is 1.52. The Morgan fingerprint density at radius 3 is 2.27 bits per heavy atom. The van der Waals surface area contributed by atoms with E-state index in [1.807, 2.05) is 55.1 Å². The molecule has 3 aromatic carbocycles. The molecule has 0 saturated carbocycles. The van der Waals surface area contributed by atoms with E-state index in [1.54, 1.807) is 16.7 Å². The van der Waals surface area contributed by atoms with Gasteiger partial charge in [0.15, 0.2) is 4.87 Å². The maximum absolute atomic E-state index is 14.1. The van der Waals surface area contributed by atoms with Crippen LogP contribution in [0.25, 0.3) is 0 Å². The number of thioether (sulfide) groups is 1. The minimum Gasteiger partial charge on any atom is -0.308 e. The maximum Gasteiger partial charge on any atom is 0.323 e. The molecule has 5 nitrogen and oxygen atoms in total. The minimum atomic E-state index is -1.04. The minimum absolute atomic E-state index is 0.0507. The van der Waals surface area contributed by atoms with Crippen LogP contribution in [-0.4, -0.2) is 29.1 Å². The van der Waals surface area contributed by atoms with Gasteiger partial charge >= 0.3 is 6.03 Å². The molecule has 2 heterocycles. The highest BCUT2D eigenvalue weighted by molar-refractivity contribution is 8.01. The summed E-state index contributed by atoms with van der Waals surface area (Å²) in [6, 6.07) is 21.8. The summed E-state index contributed by atoms with van der Waals surface area (Å²) in [6.45, 7) is 7.08. The van der Waals surface area contributed by atoms with E-state index in [1.165, 1.54) is 5.56 Å². The Hall–Kier alpha value is -3.25. The van der Waals surface area contributed by atoms with E-state index in [-0.39, 0.29) is 11.9 Å². The van der Waals surface area contributed by atoms with Crippen molar-refractivity contribution in [3.8, 4) is 0 Å². The molecule has 33 heavy (non-hydrogen) atoms. The first kappa shape index (κ1) is 21.6. The second-order valence-electron chi connectivity index (χ2n) is 8.84. The van der Waals surface area contributed by atoms with Crippen molar-refractivity contribution in [1.82, 2.24) is 4.90 Å². The number of nitrogens with zero attached hydrogens (tertiary/aromatic N) is 2. The van der Waals surface area contributed by atoms with Crippen molar-refractivity contribution in [3.05, 3.63) is 94.5 Å². The van der Waals surface area contributed by atoms with Gasteiger partial charge in [-0.3, -0.25) is 9.69 Å². The molecule has 0 radical (unpaired) electrons. The number of aryl methyl sites for hydroxylation is 3. The Labute approximate surface area is 198 Å². The summed E-state index contributed by atoms with van der Waals surface area (Å²) >= 11 is 1.55. The van der Waals surface area contributed by atoms with E-state index < -0.39 is 4.87 Å². The van der Waals surface area contributed by atoms with Crippen molar-refractivity contribution in [2.24, 2.45) is 0 Å². The Kier molecular flexibility index (Phi) is 5.41. The van der Waals surface area contributed by atoms with Gasteiger partial charge in [0.25, 0.3) is 5.91 Å². The Bertz CT molecular complexity index is 1220. The fraction of sp³-hybridized carbons (Fsp3) is 0.259. The quantitative estimate of drug-likeness (QED) is 0.558. The van der Waals surface area contributed by atoms with Crippen molar-refractivity contribution in [1.29, 1.82) is 0 Å². The van der Waals surface area contributed by atoms with E-state index >= 15 is 0 Å². The number of carbonyl (C=O) groups is 2. The number of fused-ring (bicyclic) bond motifs is 2. The average Bonchev–Trinajstić information content (AvgIpc) is 3.34. The highest BCUT2D eigenvalue weighted by Crippen LogP contribution is 2.54. The van der Waals surface area contributed by atoms with Crippen LogP contribution in [0.3, 0.4) is 0 Å². The fourth-order valence-corrected chi connectivity index (χ4v) is 6.04. The number of hydrogen-bond donors (Lipinski definition) is 1. The summed E-state index contributed by atoms with van der Waals surface area (Å²) in [5, 5.41) is 3.00. The number of hydrogen-bond acceptors (Lipinski definition) is 3. The SMILES string of the molecule is Cc1ccc(CN2C(=O)[C@@]3(SCCN3C(=O)Nc3ccc(C)cc3)c3cc(C)ccc32)cc1. The van der Waals surface area contributed by atoms with Gasteiger partial charge in [0, 0.05) is 23.5 Å². The van der Waals surface area contributed by atoms with Gasteiger partial charge in [-0.25, -0.2) is 4.79 Å². The molecule has 168 valence electrons. The van der Waals surface area contributed by atoms with Gasteiger partial charge in [0.1, 0.15) is 0 Å². The van der Waals surface area contributed by atoms with E-state index in [0.717, 1.165) is 33.6 Å². The molecular formula is C27H27N3O2S. The predicted molar refractivity (Wildman–Crippen MR) is 135 cm³/mol. The van der Waals surface area contributed by atoms with Crippen LogP contribution in [0.5, 0.6) is 0 Å². The Morgan fingerprint density at radius 1 is 0.939 bits per heavy atom. The fourth-order valence-electron chi connectivity index (χ4n) is 4.59. The van der Waals surface area contributed by atoms with Crippen LogP contribution >= 0.6 is 11.8 Å². The summed E-state index contributed by atoms with van der Waals surface area (Å²) in [4.78, 5) is 30.0. The van der Waals surface area contributed by atoms with Gasteiger partial charge in [0.2, 0.25) is 0 Å². The van der Waals surface area contributed by atoms with Crippen LogP contribution < -0.4 is 10.2 Å². The summed E-state index contributed by atoms with van der Waals surface area (Å²) in [5.41, 5.74) is 6.97. The second kappa shape index (κ2) is 8.27. The van der Waals surface area contributed by atoms with Crippen molar-refractivity contribution >= 4 is 35.1 Å². The van der Waals surface area contributed by atoms with Crippen molar-refractivity contribution in [3.63, 3.8) is 0 Å². The summed E-state index contributed by atoms with van der Waals surface area (Å²) in [5.74, 6) is 0.656. The highest BCUT2D eigenvalue weighted by Gasteiger charge is 2.59. The molecule has 0 unspecified atom stereocenters. The number of benzene rings is 3. The zero-order valence-electron chi connectivity index (χ0n) is 19.1. The van der Waals surface area contributed by atoms with Crippen LogP contribution in [0.2, 0.25) is 0 Å². The molecule has 3 amide bonds. The van der Waals surface area contributed by atoms with Gasteiger partial charge in [0.05, 0.1) is 12.2 Å². The molecular weight excluding hydrogens is 430 g/mol. The standard InChI is InChI=1S/C27H27N3O2S/c1-18-4-9-21(10-5-18)17-29-24-13-8-20(3)16-23(24)27(25(29)31)30(14-15-33-27)26(32)28-22-11-6-19(2)7-12-22/h4-13,16H,14-15,17H2,1-3H3,(H,28,32)/t27-/m0/s1. The van der Waals surface area contributed by atoms with E-state index in [9.17, 15) is 9.59 Å².